The fourth-order valence-electron chi connectivity index (χ4n) is 3.48. The maximum atomic E-state index is 9.55. The molecule has 1 atom stereocenters. The van der Waals surface area contributed by atoms with Crippen molar-refractivity contribution < 1.29 is 4.74 Å². The van der Waals surface area contributed by atoms with Gasteiger partial charge in [0.05, 0.1) is 17.5 Å². The molecule has 0 spiro atoms. The van der Waals surface area contributed by atoms with E-state index in [0.29, 0.717) is 36.0 Å². The SMILES string of the molecule is CCNC(=NCCCc1nn(-c2ccccc2)c(N)c1C#N)NCCC(OCC)C(C)C. The van der Waals surface area contributed by atoms with Gasteiger partial charge >= 0.3 is 0 Å². The fraction of sp³-hybridized carbons (Fsp3) is 0.542. The summed E-state index contributed by atoms with van der Waals surface area (Å²) in [6.45, 7) is 11.4. The molecule has 0 aliphatic carbocycles. The molecule has 8 nitrogen and oxygen atoms in total. The molecule has 2 rings (SSSR count). The summed E-state index contributed by atoms with van der Waals surface area (Å²) in [5.74, 6) is 1.65. The first-order valence-corrected chi connectivity index (χ1v) is 11.5. The molecular formula is C24H37N7O. The van der Waals surface area contributed by atoms with Crippen molar-refractivity contribution in [1.29, 1.82) is 5.26 Å². The fourth-order valence-corrected chi connectivity index (χ4v) is 3.48. The van der Waals surface area contributed by atoms with Gasteiger partial charge in [-0.2, -0.15) is 10.4 Å². The van der Waals surface area contributed by atoms with Crippen molar-refractivity contribution >= 4 is 11.8 Å². The van der Waals surface area contributed by atoms with Crippen LogP contribution in [0.15, 0.2) is 35.3 Å². The molecule has 1 heterocycles. The van der Waals surface area contributed by atoms with Gasteiger partial charge in [0, 0.05) is 26.2 Å². The third-order valence-corrected chi connectivity index (χ3v) is 5.14. The first-order valence-electron chi connectivity index (χ1n) is 11.5. The lowest BCUT2D eigenvalue weighted by atomic mass is 10.0. The number of hydrogen-bond acceptors (Lipinski definition) is 5. The number of nitrogens with one attached hydrogen (secondary N) is 2. The van der Waals surface area contributed by atoms with E-state index in [0.717, 1.165) is 44.2 Å². The van der Waals surface area contributed by atoms with Gasteiger partial charge in [-0.3, -0.25) is 4.99 Å². The number of nitrogens with zero attached hydrogens (tertiary/aromatic N) is 4. The number of nitrogen functional groups attached to an aromatic ring is 1. The van der Waals surface area contributed by atoms with Gasteiger partial charge < -0.3 is 21.1 Å². The Labute approximate surface area is 191 Å². The number of hydrogen-bond donors (Lipinski definition) is 3. The minimum Gasteiger partial charge on any atom is -0.382 e. The summed E-state index contributed by atoms with van der Waals surface area (Å²) in [5.41, 5.74) is 8.17. The Bertz CT molecular complexity index is 884. The zero-order valence-electron chi connectivity index (χ0n) is 19.8. The molecule has 1 unspecified atom stereocenters. The predicted molar refractivity (Wildman–Crippen MR) is 130 cm³/mol. The van der Waals surface area contributed by atoms with E-state index in [-0.39, 0.29) is 6.10 Å². The Morgan fingerprint density at radius 2 is 2.00 bits per heavy atom. The second-order valence-electron chi connectivity index (χ2n) is 7.88. The van der Waals surface area contributed by atoms with Crippen LogP contribution in [0.1, 0.15) is 51.8 Å². The lowest BCUT2D eigenvalue weighted by molar-refractivity contribution is 0.0258. The van der Waals surface area contributed by atoms with Gasteiger partial charge in [-0.05, 0) is 51.2 Å². The van der Waals surface area contributed by atoms with Crippen LogP contribution < -0.4 is 16.4 Å². The lowest BCUT2D eigenvalue weighted by Crippen LogP contribution is -2.39. The molecule has 0 saturated carbocycles. The monoisotopic (exact) mass is 439 g/mol. The number of para-hydroxylation sites is 1. The number of benzene rings is 1. The van der Waals surface area contributed by atoms with Crippen molar-refractivity contribution in [3.05, 3.63) is 41.6 Å². The molecule has 0 aliphatic rings. The second-order valence-corrected chi connectivity index (χ2v) is 7.88. The van der Waals surface area contributed by atoms with E-state index >= 15 is 0 Å². The largest absolute Gasteiger partial charge is 0.382 e. The van der Waals surface area contributed by atoms with Gasteiger partial charge in [-0.1, -0.05) is 32.0 Å². The molecular weight excluding hydrogens is 402 g/mol. The first kappa shape index (κ1) is 25.2. The number of aromatic nitrogens is 2. The normalized spacial score (nSPS) is 12.6. The number of nitriles is 1. The van der Waals surface area contributed by atoms with Crippen LogP contribution >= 0.6 is 0 Å². The highest BCUT2D eigenvalue weighted by molar-refractivity contribution is 5.79. The molecule has 0 amide bonds. The minimum atomic E-state index is 0.241. The van der Waals surface area contributed by atoms with Gasteiger partial charge in [0.25, 0.3) is 0 Å². The number of ether oxygens (including phenoxy) is 1. The van der Waals surface area contributed by atoms with Crippen molar-refractivity contribution in [2.24, 2.45) is 10.9 Å². The highest BCUT2D eigenvalue weighted by Crippen LogP contribution is 2.21. The molecule has 1 aromatic carbocycles. The highest BCUT2D eigenvalue weighted by Gasteiger charge is 2.16. The van der Waals surface area contributed by atoms with Crippen LogP contribution in [0.2, 0.25) is 0 Å². The summed E-state index contributed by atoms with van der Waals surface area (Å²) in [6, 6.07) is 11.8. The second kappa shape index (κ2) is 13.4. The van der Waals surface area contributed by atoms with Crippen molar-refractivity contribution in [2.75, 3.05) is 32.0 Å². The van der Waals surface area contributed by atoms with Crippen molar-refractivity contribution in [1.82, 2.24) is 20.4 Å². The molecule has 0 radical (unpaired) electrons. The molecule has 4 N–H and O–H groups in total. The molecule has 0 aliphatic heterocycles. The Morgan fingerprint density at radius 1 is 1.25 bits per heavy atom. The zero-order valence-corrected chi connectivity index (χ0v) is 19.8. The van der Waals surface area contributed by atoms with Crippen LogP contribution in [0.25, 0.3) is 5.69 Å². The van der Waals surface area contributed by atoms with E-state index in [2.05, 4.69) is 40.6 Å². The third kappa shape index (κ3) is 7.27. The van der Waals surface area contributed by atoms with Gasteiger partial charge in [-0.15, -0.1) is 0 Å². The Morgan fingerprint density at radius 3 is 2.62 bits per heavy atom. The first-order chi connectivity index (χ1) is 15.5. The van der Waals surface area contributed by atoms with Crippen molar-refractivity contribution in [3.63, 3.8) is 0 Å². The van der Waals surface area contributed by atoms with E-state index in [1.54, 1.807) is 4.68 Å². The maximum Gasteiger partial charge on any atom is 0.191 e. The van der Waals surface area contributed by atoms with Crippen LogP contribution in [-0.4, -0.2) is 48.1 Å². The van der Waals surface area contributed by atoms with E-state index in [4.69, 9.17) is 10.5 Å². The van der Waals surface area contributed by atoms with Gasteiger partial charge in [0.2, 0.25) is 0 Å². The van der Waals surface area contributed by atoms with Crippen molar-refractivity contribution in [2.45, 2.75) is 53.1 Å². The van der Waals surface area contributed by atoms with Crippen molar-refractivity contribution in [3.8, 4) is 11.8 Å². The molecule has 174 valence electrons. The van der Waals surface area contributed by atoms with Gasteiger partial charge in [0.1, 0.15) is 17.5 Å². The standard InChI is InChI=1S/C24H37N7O/c1-5-27-24(29-16-14-22(18(3)4)32-6-2)28-15-10-13-21-20(17-25)23(26)31(30-21)19-11-8-7-9-12-19/h7-9,11-12,18,22H,5-6,10,13-16,26H2,1-4H3,(H2,27,28,29). The van der Waals surface area contributed by atoms with Gasteiger partial charge in [-0.25, -0.2) is 4.68 Å². The number of aryl methyl sites for hydroxylation is 1. The topological polar surface area (TPSA) is 113 Å². The summed E-state index contributed by atoms with van der Waals surface area (Å²) in [6.07, 6.45) is 2.57. The van der Waals surface area contributed by atoms with Crippen LogP contribution in [0.3, 0.4) is 0 Å². The quantitative estimate of drug-likeness (QED) is 0.266. The van der Waals surface area contributed by atoms with E-state index < -0.39 is 0 Å². The highest BCUT2D eigenvalue weighted by atomic mass is 16.5. The summed E-state index contributed by atoms with van der Waals surface area (Å²) >= 11 is 0. The number of nitrogens with two attached hydrogens (primary N) is 1. The summed E-state index contributed by atoms with van der Waals surface area (Å²) in [5, 5.41) is 20.8. The molecule has 2 aromatic rings. The van der Waals surface area contributed by atoms with Crippen LogP contribution in [0.5, 0.6) is 0 Å². The van der Waals surface area contributed by atoms with E-state index in [9.17, 15) is 5.26 Å². The summed E-state index contributed by atoms with van der Waals surface area (Å²) < 4.78 is 7.44. The average Bonchev–Trinajstić information content (AvgIpc) is 3.11. The van der Waals surface area contributed by atoms with Gasteiger partial charge in [0.15, 0.2) is 5.96 Å². The van der Waals surface area contributed by atoms with Crippen LogP contribution in [0, 0.1) is 17.2 Å². The van der Waals surface area contributed by atoms with E-state index in [1.807, 2.05) is 44.2 Å². The number of rotatable bonds is 12. The number of guanidine groups is 1. The van der Waals surface area contributed by atoms with Crippen LogP contribution in [0.4, 0.5) is 5.82 Å². The molecule has 32 heavy (non-hydrogen) atoms. The molecule has 8 heteroatoms. The Kier molecular flexibility index (Phi) is 10.5. The van der Waals surface area contributed by atoms with E-state index in [1.165, 1.54) is 0 Å². The Hall–Kier alpha value is -3.05. The average molecular weight is 440 g/mol. The summed E-state index contributed by atoms with van der Waals surface area (Å²) in [4.78, 5) is 4.66. The minimum absolute atomic E-state index is 0.241. The molecule has 1 aromatic heterocycles. The molecule has 0 bridgehead atoms. The Balaban J connectivity index is 1.93. The third-order valence-electron chi connectivity index (χ3n) is 5.14. The lowest BCUT2D eigenvalue weighted by Gasteiger charge is -2.21. The maximum absolute atomic E-state index is 9.55. The summed E-state index contributed by atoms with van der Waals surface area (Å²) in [7, 11) is 0. The predicted octanol–water partition coefficient (Wildman–Crippen LogP) is 3.27. The molecule has 0 saturated heterocycles. The smallest absolute Gasteiger partial charge is 0.191 e. The number of aliphatic imine (C=N–C) groups is 1. The zero-order chi connectivity index (χ0) is 23.3. The molecule has 0 fully saturated rings. The van der Waals surface area contributed by atoms with Crippen LogP contribution in [-0.2, 0) is 11.2 Å². The number of anilines is 1.